The van der Waals surface area contributed by atoms with Crippen molar-refractivity contribution in [3.63, 3.8) is 0 Å². The molecular formula is C16H17F2N4O2S+. The molecule has 0 radical (unpaired) electrons. The average Bonchev–Trinajstić information content (AvgIpc) is 2.54. The molecule has 1 heterocycles. The van der Waals surface area contributed by atoms with Gasteiger partial charge in [-0.25, -0.2) is 13.9 Å². The van der Waals surface area contributed by atoms with Gasteiger partial charge in [0.2, 0.25) is 10.3 Å². The standard InChI is InChI=1S/C16H16F2N4O2S/c1-9-5-10(2)16(23)14(6-9)25-8-15(20-22(19)21-25)24-13-7-11(17)3-4-12(13)18/h3-8,20-21H,19H2,1-2H3/p+1. The number of nitrogen functional groups attached to an aromatic ring is 1. The summed E-state index contributed by atoms with van der Waals surface area (Å²) < 4.78 is 35.4. The molecule has 0 aliphatic rings. The Kier molecular flexibility index (Phi) is 4.41. The summed E-state index contributed by atoms with van der Waals surface area (Å²) in [4.78, 5) is 1.64. The molecule has 0 amide bonds. The molecule has 25 heavy (non-hydrogen) atoms. The Morgan fingerprint density at radius 3 is 2.72 bits per heavy atom. The second-order valence-corrected chi connectivity index (χ2v) is 7.03. The SMILES string of the molecule is Cc1cc(C)c(O)c(-[s+]2cc(Oc3cc(F)ccc3F)[nH]n(N)[nH]2)c1. The van der Waals surface area contributed by atoms with Gasteiger partial charge in [0.15, 0.2) is 17.3 Å². The van der Waals surface area contributed by atoms with Gasteiger partial charge in [-0.3, -0.25) is 0 Å². The number of halogens is 2. The maximum atomic E-state index is 13.8. The number of phenols is 1. The number of nitrogens with two attached hydrogens (primary N) is 1. The lowest BCUT2D eigenvalue weighted by Crippen LogP contribution is -2.17. The van der Waals surface area contributed by atoms with Crippen LogP contribution in [0.5, 0.6) is 17.4 Å². The topological polar surface area (TPSA) is 92.0 Å². The molecule has 9 heteroatoms. The maximum absolute atomic E-state index is 13.8. The van der Waals surface area contributed by atoms with E-state index in [4.69, 9.17) is 10.6 Å². The minimum absolute atomic E-state index is 0.104. The molecule has 0 saturated heterocycles. The Labute approximate surface area is 144 Å². The number of rotatable bonds is 3. The minimum Gasteiger partial charge on any atom is -0.503 e. The third-order valence-electron chi connectivity index (χ3n) is 3.41. The Bertz CT molecular complexity index is 969. The molecule has 1 atom stereocenters. The van der Waals surface area contributed by atoms with Crippen molar-refractivity contribution >= 4 is 10.7 Å². The quantitative estimate of drug-likeness (QED) is 0.415. The first-order chi connectivity index (χ1) is 11.8. The Hall–Kier alpha value is -2.94. The fourth-order valence-corrected chi connectivity index (χ4v) is 3.86. The van der Waals surface area contributed by atoms with Crippen molar-refractivity contribution in [2.75, 3.05) is 5.84 Å². The van der Waals surface area contributed by atoms with Crippen molar-refractivity contribution in [2.24, 2.45) is 0 Å². The summed E-state index contributed by atoms with van der Waals surface area (Å²) in [5.74, 6) is 4.37. The van der Waals surface area contributed by atoms with Crippen molar-refractivity contribution in [1.29, 1.82) is 0 Å². The Morgan fingerprint density at radius 1 is 1.20 bits per heavy atom. The smallest absolute Gasteiger partial charge is 0.271 e. The van der Waals surface area contributed by atoms with Crippen LogP contribution in [0.15, 0.2) is 35.7 Å². The second kappa shape index (κ2) is 6.52. The van der Waals surface area contributed by atoms with Gasteiger partial charge in [0, 0.05) is 12.1 Å². The van der Waals surface area contributed by atoms with Crippen LogP contribution in [0.1, 0.15) is 11.1 Å². The lowest BCUT2D eigenvalue weighted by atomic mass is 10.1. The zero-order valence-corrected chi connectivity index (χ0v) is 14.3. The number of hydrogen-bond acceptors (Lipinski definition) is 3. The molecule has 0 fully saturated rings. The van der Waals surface area contributed by atoms with Crippen molar-refractivity contribution in [1.82, 2.24) is 14.5 Å². The van der Waals surface area contributed by atoms with Gasteiger partial charge in [-0.2, -0.15) is 0 Å². The number of aryl methyl sites for hydroxylation is 2. The lowest BCUT2D eigenvalue weighted by Gasteiger charge is -2.08. The number of aromatic nitrogens is 3. The molecule has 0 bridgehead atoms. The number of H-pyrrole nitrogens is 2. The third-order valence-corrected chi connectivity index (χ3v) is 5.04. The van der Waals surface area contributed by atoms with Crippen LogP contribution in [0, 0.1) is 25.5 Å². The molecule has 3 rings (SSSR count). The van der Waals surface area contributed by atoms with E-state index < -0.39 is 22.3 Å². The normalized spacial score (nSPS) is 11.4. The van der Waals surface area contributed by atoms with E-state index in [1.54, 1.807) is 12.3 Å². The van der Waals surface area contributed by atoms with E-state index in [9.17, 15) is 13.9 Å². The Morgan fingerprint density at radius 2 is 1.96 bits per heavy atom. The van der Waals surface area contributed by atoms with Gasteiger partial charge in [-0.05, 0) is 37.1 Å². The number of phenolic OH excluding ortho intramolecular Hbond substituents is 1. The van der Waals surface area contributed by atoms with E-state index >= 15 is 0 Å². The van der Waals surface area contributed by atoms with Crippen LogP contribution in [0.3, 0.4) is 0 Å². The van der Waals surface area contributed by atoms with Crippen molar-refractivity contribution in [3.05, 3.63) is 58.5 Å². The average molecular weight is 367 g/mol. The molecule has 0 aliphatic carbocycles. The second-order valence-electron chi connectivity index (χ2n) is 5.50. The van der Waals surface area contributed by atoms with Crippen LogP contribution in [-0.2, 0) is 0 Å². The molecule has 2 aromatic carbocycles. The van der Waals surface area contributed by atoms with Crippen LogP contribution in [0.25, 0.3) is 4.90 Å². The number of nitrogens with one attached hydrogen (secondary N) is 2. The number of aromatic hydroxyl groups is 1. The highest BCUT2D eigenvalue weighted by molar-refractivity contribution is 7.33. The first-order valence-corrected chi connectivity index (χ1v) is 8.58. The monoisotopic (exact) mass is 367 g/mol. The molecule has 0 spiro atoms. The first-order valence-electron chi connectivity index (χ1n) is 7.29. The van der Waals surface area contributed by atoms with E-state index in [2.05, 4.69) is 9.59 Å². The molecule has 3 aromatic rings. The molecule has 6 nitrogen and oxygen atoms in total. The lowest BCUT2D eigenvalue weighted by molar-refractivity contribution is 0.408. The van der Waals surface area contributed by atoms with E-state index in [-0.39, 0.29) is 17.4 Å². The molecular weight excluding hydrogens is 350 g/mol. The highest BCUT2D eigenvalue weighted by atomic mass is 32.2. The molecule has 5 N–H and O–H groups in total. The number of nitrogens with zero attached hydrogens (tertiary/aromatic N) is 1. The fourth-order valence-electron chi connectivity index (χ4n) is 2.33. The molecule has 0 aliphatic heterocycles. The summed E-state index contributed by atoms with van der Waals surface area (Å²) in [5.41, 5.74) is 1.69. The predicted octanol–water partition coefficient (Wildman–Crippen LogP) is 4.11. The predicted molar refractivity (Wildman–Crippen MR) is 92.3 cm³/mol. The van der Waals surface area contributed by atoms with Crippen LogP contribution in [0.4, 0.5) is 8.78 Å². The van der Waals surface area contributed by atoms with E-state index in [0.717, 1.165) is 34.2 Å². The van der Waals surface area contributed by atoms with E-state index in [1.807, 2.05) is 19.1 Å². The summed E-state index contributed by atoms with van der Waals surface area (Å²) in [6.45, 7) is 3.70. The van der Waals surface area contributed by atoms with Gasteiger partial charge in [0.1, 0.15) is 16.5 Å². The van der Waals surface area contributed by atoms with E-state index in [1.165, 1.54) is 0 Å². The third kappa shape index (κ3) is 3.61. The number of aromatic amines is 2. The highest BCUT2D eigenvalue weighted by Crippen LogP contribution is 2.39. The molecule has 132 valence electrons. The van der Waals surface area contributed by atoms with Crippen LogP contribution < -0.4 is 10.6 Å². The zero-order valence-electron chi connectivity index (χ0n) is 13.5. The van der Waals surface area contributed by atoms with Crippen molar-refractivity contribution < 1.29 is 18.6 Å². The molecule has 1 unspecified atom stereocenters. The molecule has 1 aromatic heterocycles. The summed E-state index contributed by atoms with van der Waals surface area (Å²) >= 11 is 0. The summed E-state index contributed by atoms with van der Waals surface area (Å²) in [5, 5.41) is 14.6. The van der Waals surface area contributed by atoms with E-state index in [0.29, 0.717) is 4.90 Å². The minimum atomic E-state index is -0.851. The number of benzene rings is 2. The fraction of sp³-hybridized carbons (Fsp3) is 0.125. The van der Waals surface area contributed by atoms with Crippen molar-refractivity contribution in [2.45, 2.75) is 13.8 Å². The zero-order chi connectivity index (χ0) is 18.1. The van der Waals surface area contributed by atoms with Gasteiger partial charge in [-0.1, -0.05) is 15.5 Å². The van der Waals surface area contributed by atoms with Gasteiger partial charge in [0.25, 0.3) is 5.88 Å². The van der Waals surface area contributed by atoms with Gasteiger partial charge < -0.3 is 15.7 Å². The maximum Gasteiger partial charge on any atom is 0.271 e. The number of ether oxygens (including phenoxy) is 1. The largest absolute Gasteiger partial charge is 0.503 e. The Balaban J connectivity index is 2.06. The van der Waals surface area contributed by atoms with Gasteiger partial charge in [0.05, 0.1) is 0 Å². The van der Waals surface area contributed by atoms with Gasteiger partial charge in [-0.15, -0.1) is 0 Å². The van der Waals surface area contributed by atoms with Crippen LogP contribution in [0.2, 0.25) is 0 Å². The number of hydrogen-bond donors (Lipinski definition) is 4. The van der Waals surface area contributed by atoms with Crippen molar-refractivity contribution in [3.8, 4) is 22.3 Å². The van der Waals surface area contributed by atoms with Crippen LogP contribution in [-0.4, -0.2) is 19.6 Å². The summed E-state index contributed by atoms with van der Waals surface area (Å²) in [6, 6.07) is 6.58. The van der Waals surface area contributed by atoms with Crippen LogP contribution >= 0.6 is 10.7 Å². The highest BCUT2D eigenvalue weighted by Gasteiger charge is 2.20. The molecule has 0 saturated carbocycles. The first kappa shape index (κ1) is 16.9. The van der Waals surface area contributed by atoms with Gasteiger partial charge >= 0.3 is 0 Å². The summed E-state index contributed by atoms with van der Waals surface area (Å²) in [7, 11) is -0.851. The summed E-state index contributed by atoms with van der Waals surface area (Å²) in [6.07, 6.45) is 0.